The molecule has 0 aliphatic carbocycles. The number of anilines is 1. The molecule has 33 heavy (non-hydrogen) atoms. The number of benzene rings is 1. The van der Waals surface area contributed by atoms with Crippen LogP contribution in [0.4, 0.5) is 5.82 Å². The lowest BCUT2D eigenvalue weighted by molar-refractivity contribution is -0.0912. The Morgan fingerprint density at radius 3 is 2.94 bits per heavy atom. The van der Waals surface area contributed by atoms with Gasteiger partial charge in [-0.1, -0.05) is 12.1 Å². The van der Waals surface area contributed by atoms with E-state index in [0.29, 0.717) is 24.4 Å². The third kappa shape index (κ3) is 3.17. The van der Waals surface area contributed by atoms with Crippen LogP contribution in [0.2, 0.25) is 0 Å². The smallest absolute Gasteiger partial charge is 0.164 e. The molecule has 170 valence electrons. The van der Waals surface area contributed by atoms with Crippen molar-refractivity contribution >= 4 is 43.7 Å². The number of nitrogens with one attached hydrogen (secondary N) is 1. The number of aliphatic hydroxyl groups is 2. The summed E-state index contributed by atoms with van der Waals surface area (Å²) in [5, 5.41) is 27.3. The Bertz CT molecular complexity index is 1390. The summed E-state index contributed by atoms with van der Waals surface area (Å²) in [5.41, 5.74) is 8.38. The average molecular weight is 511 g/mol. The highest BCUT2D eigenvalue weighted by atomic mass is 79.9. The van der Waals surface area contributed by atoms with Crippen LogP contribution in [0, 0.1) is 6.92 Å². The number of nitrogens with two attached hydrogens (primary N) is 1. The molecule has 5 atom stereocenters. The Hall–Kier alpha value is -2.63. The van der Waals surface area contributed by atoms with E-state index in [1.807, 2.05) is 43.5 Å². The minimum atomic E-state index is -1.09. The number of aliphatic hydroxyl groups excluding tert-OH is 2. The molecule has 2 aliphatic rings. The maximum Gasteiger partial charge on any atom is 0.164 e. The van der Waals surface area contributed by atoms with E-state index in [4.69, 9.17) is 10.5 Å². The number of nitrogens with zero attached hydrogens (tertiary/aromatic N) is 4. The van der Waals surface area contributed by atoms with Gasteiger partial charge in [-0.25, -0.2) is 15.0 Å². The molecule has 5 heterocycles. The van der Waals surface area contributed by atoms with Crippen molar-refractivity contribution in [2.75, 3.05) is 12.3 Å². The first kappa shape index (κ1) is 20.9. The van der Waals surface area contributed by atoms with E-state index in [0.717, 1.165) is 32.0 Å². The quantitative estimate of drug-likeness (QED) is 0.323. The molecule has 6 rings (SSSR count). The Morgan fingerprint density at radius 1 is 1.24 bits per heavy atom. The molecule has 4 aromatic rings. The number of hydrogen-bond acceptors (Lipinski definition) is 8. The second-order valence-corrected chi connectivity index (χ2v) is 9.73. The second-order valence-electron chi connectivity index (χ2n) is 8.87. The average Bonchev–Trinajstić information content (AvgIpc) is 3.48. The molecule has 0 radical (unpaired) electrons. The standard InChI is InChI=1S/C23H23BrN6O3/c1-11-14-4-5-30(21(14)28-10-27-11)22-18(31)19(32)23(33-22)8-17(26-9-23)13-3-2-12-6-15(24)20(25)29-16(12)7-13/h2-7,10,17-19,22,26,31-32H,8-9H2,1H3,(H2,25,29)/t17-,18+,19-,22+,23-/m0/s1. The molecule has 3 aromatic heterocycles. The SMILES string of the molecule is Cc1ncnc2c1ccn2[C@@H]1O[C@@]2(CN[C@H](c3ccc4cc(Br)c(N)nc4c3)C2)[C@@H](O)[C@H]1O. The van der Waals surface area contributed by atoms with Gasteiger partial charge in [0.25, 0.3) is 0 Å². The third-order valence-electron chi connectivity index (χ3n) is 6.91. The molecule has 1 spiro atoms. The van der Waals surface area contributed by atoms with Crippen molar-refractivity contribution in [3.05, 3.63) is 58.6 Å². The minimum Gasteiger partial charge on any atom is -0.387 e. The molecule has 2 aliphatic heterocycles. The van der Waals surface area contributed by atoms with Crippen molar-refractivity contribution in [1.82, 2.24) is 24.8 Å². The van der Waals surface area contributed by atoms with Crippen LogP contribution in [0.3, 0.4) is 0 Å². The van der Waals surface area contributed by atoms with E-state index < -0.39 is 24.0 Å². The Morgan fingerprint density at radius 2 is 2.09 bits per heavy atom. The van der Waals surface area contributed by atoms with Gasteiger partial charge >= 0.3 is 0 Å². The zero-order valence-corrected chi connectivity index (χ0v) is 19.4. The Kier molecular flexibility index (Phi) is 4.72. The van der Waals surface area contributed by atoms with Crippen LogP contribution in [0.15, 0.2) is 47.3 Å². The summed E-state index contributed by atoms with van der Waals surface area (Å²) in [6.07, 6.45) is 0.934. The fraction of sp³-hybridized carbons (Fsp3) is 0.348. The summed E-state index contributed by atoms with van der Waals surface area (Å²) >= 11 is 3.42. The summed E-state index contributed by atoms with van der Waals surface area (Å²) < 4.78 is 8.94. The molecule has 0 amide bonds. The van der Waals surface area contributed by atoms with Gasteiger partial charge in [0, 0.05) is 29.6 Å². The molecule has 10 heteroatoms. The van der Waals surface area contributed by atoms with Gasteiger partial charge in [-0.2, -0.15) is 0 Å². The number of aryl methyl sites for hydroxylation is 1. The fourth-order valence-electron chi connectivity index (χ4n) is 5.10. The van der Waals surface area contributed by atoms with Crippen LogP contribution in [0.5, 0.6) is 0 Å². The van der Waals surface area contributed by atoms with Crippen LogP contribution in [-0.2, 0) is 4.74 Å². The highest BCUT2D eigenvalue weighted by molar-refractivity contribution is 9.10. The summed E-state index contributed by atoms with van der Waals surface area (Å²) in [7, 11) is 0. The first-order chi connectivity index (χ1) is 15.9. The van der Waals surface area contributed by atoms with E-state index in [-0.39, 0.29) is 6.04 Å². The van der Waals surface area contributed by atoms with Crippen LogP contribution < -0.4 is 11.1 Å². The molecular weight excluding hydrogens is 488 g/mol. The molecule has 0 unspecified atom stereocenters. The van der Waals surface area contributed by atoms with Crippen molar-refractivity contribution in [1.29, 1.82) is 0 Å². The molecule has 9 nitrogen and oxygen atoms in total. The van der Waals surface area contributed by atoms with E-state index >= 15 is 0 Å². The number of aromatic nitrogens is 4. The number of halogens is 1. The van der Waals surface area contributed by atoms with Gasteiger partial charge in [0.05, 0.1) is 15.7 Å². The van der Waals surface area contributed by atoms with Crippen molar-refractivity contribution in [3.8, 4) is 0 Å². The topological polar surface area (TPSA) is 131 Å². The predicted octanol–water partition coefficient (Wildman–Crippen LogP) is 2.36. The monoisotopic (exact) mass is 510 g/mol. The molecule has 2 saturated heterocycles. The van der Waals surface area contributed by atoms with Gasteiger partial charge in [-0.15, -0.1) is 0 Å². The van der Waals surface area contributed by atoms with E-state index in [2.05, 4.69) is 36.2 Å². The molecule has 2 fully saturated rings. The van der Waals surface area contributed by atoms with Crippen LogP contribution in [-0.4, -0.2) is 54.1 Å². The second kappa shape index (κ2) is 7.44. The van der Waals surface area contributed by atoms with Crippen molar-refractivity contribution in [2.24, 2.45) is 0 Å². The summed E-state index contributed by atoms with van der Waals surface area (Å²) in [6, 6.07) is 9.84. The van der Waals surface area contributed by atoms with Crippen LogP contribution >= 0.6 is 15.9 Å². The van der Waals surface area contributed by atoms with E-state index in [1.54, 1.807) is 4.57 Å². The zero-order valence-electron chi connectivity index (χ0n) is 17.8. The van der Waals surface area contributed by atoms with E-state index in [1.165, 1.54) is 6.33 Å². The van der Waals surface area contributed by atoms with Gasteiger partial charge in [-0.05, 0) is 53.0 Å². The predicted molar refractivity (Wildman–Crippen MR) is 126 cm³/mol. The largest absolute Gasteiger partial charge is 0.387 e. The van der Waals surface area contributed by atoms with E-state index in [9.17, 15) is 10.2 Å². The number of pyridine rings is 1. The minimum absolute atomic E-state index is 0.0624. The summed E-state index contributed by atoms with van der Waals surface area (Å²) in [4.78, 5) is 13.1. The number of nitrogen functional groups attached to an aromatic ring is 1. The van der Waals surface area contributed by atoms with Gasteiger partial charge in [0.15, 0.2) is 6.23 Å². The summed E-state index contributed by atoms with van der Waals surface area (Å²) in [6.45, 7) is 2.32. The first-order valence-corrected chi connectivity index (χ1v) is 11.6. The highest BCUT2D eigenvalue weighted by Crippen LogP contribution is 2.46. The van der Waals surface area contributed by atoms with Gasteiger partial charge in [0.1, 0.15) is 35.6 Å². The number of rotatable bonds is 2. The fourth-order valence-corrected chi connectivity index (χ4v) is 5.43. The molecule has 5 N–H and O–H groups in total. The van der Waals surface area contributed by atoms with Crippen LogP contribution in [0.1, 0.15) is 29.9 Å². The highest BCUT2D eigenvalue weighted by Gasteiger charge is 2.58. The van der Waals surface area contributed by atoms with Crippen molar-refractivity contribution < 1.29 is 14.9 Å². The zero-order chi connectivity index (χ0) is 22.9. The lowest BCUT2D eigenvalue weighted by Gasteiger charge is -2.26. The number of fused-ring (bicyclic) bond motifs is 2. The van der Waals surface area contributed by atoms with Gasteiger partial charge < -0.3 is 30.6 Å². The lowest BCUT2D eigenvalue weighted by Crippen LogP contribution is -2.44. The van der Waals surface area contributed by atoms with Gasteiger partial charge in [-0.3, -0.25) is 0 Å². The Labute approximate surface area is 197 Å². The molecular formula is C23H23BrN6O3. The van der Waals surface area contributed by atoms with Gasteiger partial charge in [0.2, 0.25) is 0 Å². The Balaban J connectivity index is 1.30. The maximum absolute atomic E-state index is 11.1. The third-order valence-corrected chi connectivity index (χ3v) is 7.55. The molecule has 1 aromatic carbocycles. The number of hydrogen-bond donors (Lipinski definition) is 4. The van der Waals surface area contributed by atoms with Crippen LogP contribution in [0.25, 0.3) is 21.9 Å². The number of ether oxygens (including phenoxy) is 1. The molecule has 0 saturated carbocycles. The first-order valence-electron chi connectivity index (χ1n) is 10.8. The molecule has 0 bridgehead atoms. The normalized spacial score (nSPS) is 29.6. The lowest BCUT2D eigenvalue weighted by atomic mass is 9.90. The maximum atomic E-state index is 11.1. The van der Waals surface area contributed by atoms with Crippen molar-refractivity contribution in [2.45, 2.75) is 43.4 Å². The summed E-state index contributed by atoms with van der Waals surface area (Å²) in [5.74, 6) is 0.439. The van der Waals surface area contributed by atoms with Crippen molar-refractivity contribution in [3.63, 3.8) is 0 Å².